The Balaban J connectivity index is 0.00000154. The molecule has 0 bridgehead atoms. The van der Waals surface area contributed by atoms with Gasteiger partial charge in [-0.15, -0.1) is 4.05 Å². The Morgan fingerprint density at radius 2 is 2.00 bits per heavy atom. The van der Waals surface area contributed by atoms with E-state index < -0.39 is 10.0 Å². The van der Waals surface area contributed by atoms with E-state index in [9.17, 15) is 10.0 Å². The summed E-state index contributed by atoms with van der Waals surface area (Å²) in [4.78, 5) is 11.6. The van der Waals surface area contributed by atoms with Crippen LogP contribution in [0.25, 0.3) is 0 Å². The Morgan fingerprint density at radius 3 is 2.42 bits per heavy atom. The number of carbonyl (C=O) groups is 1. The predicted octanol–water partition coefficient (Wildman–Crippen LogP) is 2.57. The zero-order valence-electron chi connectivity index (χ0n) is 12.1. The van der Waals surface area contributed by atoms with Gasteiger partial charge in [-0.25, -0.2) is 10.0 Å². The number of esters is 1. The van der Waals surface area contributed by atoms with Crippen LogP contribution in [0.2, 0.25) is 0 Å². The molecule has 0 aliphatic carbocycles. The number of hydroxylamine groups is 2. The van der Waals surface area contributed by atoms with E-state index in [4.69, 9.17) is 5.73 Å². The second kappa shape index (κ2) is 7.37. The number of quaternary nitrogens is 1. The van der Waals surface area contributed by atoms with Crippen molar-refractivity contribution in [3.8, 4) is 0 Å². The molecule has 0 heterocycles. The highest BCUT2D eigenvalue weighted by atomic mass is 32.1. The van der Waals surface area contributed by atoms with Crippen LogP contribution in [0.15, 0.2) is 12.1 Å². The molecule has 19 heavy (non-hydrogen) atoms. The van der Waals surface area contributed by atoms with Gasteiger partial charge < -0.3 is 10.5 Å². The minimum Gasteiger partial charge on any atom is -0.465 e. The molecule has 0 aromatic heterocycles. The molecular weight excluding hydrogens is 264 g/mol. The van der Waals surface area contributed by atoms with Gasteiger partial charge in [-0.1, -0.05) is 13.8 Å². The number of rotatable bonds is 3. The maximum atomic E-state index is 11.6. The van der Waals surface area contributed by atoms with Gasteiger partial charge in [-0.3, -0.25) is 0 Å². The fourth-order valence-electron chi connectivity index (χ4n) is 1.54. The number of aryl methyl sites for hydroxylation is 1. The Hall–Kier alpha value is -1.24. The van der Waals surface area contributed by atoms with Crippen LogP contribution < -0.4 is 5.73 Å². The van der Waals surface area contributed by atoms with Gasteiger partial charge in [0.05, 0.1) is 25.5 Å². The molecule has 6 heteroatoms. The minimum absolute atomic E-state index is 0.175. The zero-order valence-corrected chi connectivity index (χ0v) is 13.0. The smallest absolute Gasteiger partial charge is 0.338 e. The molecular formula is C13H23N2O3S+. The van der Waals surface area contributed by atoms with Crippen LogP contribution in [0.3, 0.4) is 0 Å². The molecule has 1 unspecified atom stereocenters. The fraction of sp³-hybridized carbons (Fsp3) is 0.462. The van der Waals surface area contributed by atoms with Crippen LogP contribution in [0.4, 0.5) is 5.69 Å². The molecule has 5 nitrogen and oxygen atoms in total. The normalized spacial score (nSPS) is 13.0. The number of carbonyl (C=O) groups excluding carboxylic acids is 1. The number of hydrogen-bond donors (Lipinski definition) is 3. The Kier molecular flexibility index (Phi) is 6.89. The summed E-state index contributed by atoms with van der Waals surface area (Å²) in [6.45, 7) is 6.01. The van der Waals surface area contributed by atoms with E-state index in [0.717, 1.165) is 5.56 Å². The van der Waals surface area contributed by atoms with Crippen LogP contribution in [-0.2, 0) is 11.3 Å². The lowest BCUT2D eigenvalue weighted by atomic mass is 10.0. The first-order valence-corrected chi connectivity index (χ1v) is 6.43. The van der Waals surface area contributed by atoms with Crippen LogP contribution in [0, 0.1) is 6.92 Å². The molecule has 0 fully saturated rings. The summed E-state index contributed by atoms with van der Waals surface area (Å²) in [5.74, 6) is -0.478. The maximum Gasteiger partial charge on any atom is 0.338 e. The second-order valence-electron chi connectivity index (χ2n) is 4.10. The van der Waals surface area contributed by atoms with E-state index in [0.29, 0.717) is 16.8 Å². The predicted molar refractivity (Wildman–Crippen MR) is 78.9 cm³/mol. The molecule has 0 aliphatic rings. The van der Waals surface area contributed by atoms with E-state index in [1.807, 2.05) is 20.8 Å². The summed E-state index contributed by atoms with van der Waals surface area (Å²) in [5.41, 5.74) is 8.10. The highest BCUT2D eigenvalue weighted by molar-refractivity contribution is 7.74. The number of hydrogen-bond acceptors (Lipinski definition) is 5. The van der Waals surface area contributed by atoms with Gasteiger partial charge in [0.2, 0.25) is 0 Å². The van der Waals surface area contributed by atoms with Crippen molar-refractivity contribution in [3.63, 3.8) is 0 Å². The number of nitrogens with zero attached hydrogens (tertiary/aromatic N) is 1. The number of anilines is 1. The largest absolute Gasteiger partial charge is 0.465 e. The van der Waals surface area contributed by atoms with Crippen LogP contribution in [-0.4, -0.2) is 29.4 Å². The Morgan fingerprint density at radius 1 is 1.47 bits per heavy atom. The van der Waals surface area contributed by atoms with Gasteiger partial charge in [0.1, 0.15) is 13.6 Å². The SMILES string of the molecule is CC.COC(=O)c1cc(N)c(C)cc1C[N+](C)(O)S. The minimum atomic E-state index is -0.562. The number of nitrogen functional groups attached to an aromatic ring is 1. The van der Waals surface area contributed by atoms with Gasteiger partial charge in [0, 0.05) is 11.3 Å². The van der Waals surface area contributed by atoms with Gasteiger partial charge in [0.15, 0.2) is 0 Å². The number of benzene rings is 1. The van der Waals surface area contributed by atoms with Crippen molar-refractivity contribution in [2.75, 3.05) is 19.9 Å². The van der Waals surface area contributed by atoms with E-state index in [1.54, 1.807) is 12.1 Å². The maximum absolute atomic E-state index is 11.6. The lowest BCUT2D eigenvalue weighted by molar-refractivity contribution is -0.985. The van der Waals surface area contributed by atoms with Crippen molar-refractivity contribution in [2.24, 2.45) is 0 Å². The molecule has 1 aromatic rings. The number of methoxy groups -OCH3 is 1. The molecule has 0 spiro atoms. The first-order chi connectivity index (χ1) is 8.74. The van der Waals surface area contributed by atoms with E-state index >= 15 is 0 Å². The molecule has 1 rings (SSSR count). The summed E-state index contributed by atoms with van der Waals surface area (Å²) in [7, 11) is 2.80. The van der Waals surface area contributed by atoms with Crippen molar-refractivity contribution in [3.05, 3.63) is 28.8 Å². The Bertz CT molecular complexity index is 442. The summed E-state index contributed by atoms with van der Waals surface area (Å²) >= 11 is 3.98. The molecule has 0 saturated carbocycles. The monoisotopic (exact) mass is 287 g/mol. The first-order valence-electron chi connectivity index (χ1n) is 6.03. The molecule has 108 valence electrons. The van der Waals surface area contributed by atoms with Gasteiger partial charge in [-0.2, -0.15) is 0 Å². The lowest BCUT2D eigenvalue weighted by Gasteiger charge is -2.19. The van der Waals surface area contributed by atoms with Crippen molar-refractivity contribution in [1.82, 2.24) is 0 Å². The third-order valence-corrected chi connectivity index (χ3v) is 2.51. The number of nitrogens with two attached hydrogens (primary N) is 1. The standard InChI is InChI=1S/C11H17N2O3S.C2H6/c1-7-4-8(6-13(2,15)17)9(5-10(7)12)11(14)16-3;1-2/h4-5,15,17H,6,12H2,1-3H3;1-2H3/q+1;. The zero-order chi connectivity index (χ0) is 15.2. The highest BCUT2D eigenvalue weighted by Gasteiger charge is 2.21. The van der Waals surface area contributed by atoms with Crippen LogP contribution in [0.5, 0.6) is 0 Å². The Labute approximate surface area is 120 Å². The van der Waals surface area contributed by atoms with Crippen molar-refractivity contribution >= 4 is 24.5 Å². The molecule has 0 aliphatic heterocycles. The van der Waals surface area contributed by atoms with E-state index in [1.165, 1.54) is 14.2 Å². The van der Waals surface area contributed by atoms with Crippen molar-refractivity contribution in [2.45, 2.75) is 27.3 Å². The third kappa shape index (κ3) is 5.50. The van der Waals surface area contributed by atoms with Crippen molar-refractivity contribution < 1.29 is 18.8 Å². The molecule has 1 aromatic carbocycles. The molecule has 0 saturated heterocycles. The van der Waals surface area contributed by atoms with Gasteiger partial charge in [0.25, 0.3) is 0 Å². The summed E-state index contributed by atoms with van der Waals surface area (Å²) in [6, 6.07) is 3.31. The van der Waals surface area contributed by atoms with E-state index in [-0.39, 0.29) is 6.54 Å². The molecule has 0 radical (unpaired) electrons. The average Bonchev–Trinajstić information content (AvgIpc) is 2.33. The van der Waals surface area contributed by atoms with Crippen LogP contribution >= 0.6 is 12.8 Å². The number of thiol groups is 1. The van der Waals surface area contributed by atoms with Crippen molar-refractivity contribution in [1.29, 1.82) is 0 Å². The highest BCUT2D eigenvalue weighted by Crippen LogP contribution is 2.22. The van der Waals surface area contributed by atoms with Gasteiger partial charge in [-0.05, 0) is 24.6 Å². The lowest BCUT2D eigenvalue weighted by Crippen LogP contribution is -2.29. The molecule has 0 amide bonds. The van der Waals surface area contributed by atoms with E-state index in [2.05, 4.69) is 17.6 Å². The quantitative estimate of drug-likeness (QED) is 0.263. The summed E-state index contributed by atoms with van der Waals surface area (Å²) in [6.07, 6.45) is 0. The summed E-state index contributed by atoms with van der Waals surface area (Å²) in [5, 5.41) is 9.63. The fourth-order valence-corrected chi connectivity index (χ4v) is 1.69. The summed E-state index contributed by atoms with van der Waals surface area (Å²) < 4.78 is 4.12. The third-order valence-electron chi connectivity index (χ3n) is 2.37. The topological polar surface area (TPSA) is 72.5 Å². The first kappa shape index (κ1) is 17.8. The second-order valence-corrected chi connectivity index (χ2v) is 4.97. The van der Waals surface area contributed by atoms with Crippen LogP contribution in [0.1, 0.15) is 35.3 Å². The molecule has 3 N–H and O–H groups in total. The van der Waals surface area contributed by atoms with Gasteiger partial charge >= 0.3 is 5.97 Å². The average molecular weight is 287 g/mol. The number of ether oxygens (including phenoxy) is 1. The molecule has 1 atom stereocenters.